The first kappa shape index (κ1) is 19.1. The number of hydrogen-bond donors (Lipinski definition) is 2. The second kappa shape index (κ2) is 8.80. The van der Waals surface area contributed by atoms with Crippen LogP contribution in [-0.2, 0) is 12.0 Å². The summed E-state index contributed by atoms with van der Waals surface area (Å²) in [5, 5.41) is 6.90. The van der Waals surface area contributed by atoms with Crippen LogP contribution in [0.4, 0.5) is 0 Å². The number of aliphatic imine (C=N–C) groups is 1. The Morgan fingerprint density at radius 1 is 1.00 bits per heavy atom. The van der Waals surface area contributed by atoms with Gasteiger partial charge in [-0.15, -0.1) is 0 Å². The fraction of sp³-hybridized carbons (Fsp3) is 0.409. The molecule has 0 bridgehead atoms. The van der Waals surface area contributed by atoms with Crippen LogP contribution in [0.5, 0.6) is 11.5 Å². The van der Waals surface area contributed by atoms with Gasteiger partial charge in [0.15, 0.2) is 17.5 Å². The Morgan fingerprint density at radius 2 is 1.78 bits per heavy atom. The molecule has 2 N–H and O–H groups in total. The van der Waals surface area contributed by atoms with E-state index in [2.05, 4.69) is 46.0 Å². The summed E-state index contributed by atoms with van der Waals surface area (Å²) < 4.78 is 10.9. The van der Waals surface area contributed by atoms with E-state index in [0.717, 1.165) is 29.6 Å². The largest absolute Gasteiger partial charge is 0.493 e. The molecule has 0 heterocycles. The van der Waals surface area contributed by atoms with E-state index < -0.39 is 0 Å². The van der Waals surface area contributed by atoms with Gasteiger partial charge in [-0.05, 0) is 24.5 Å². The van der Waals surface area contributed by atoms with Crippen molar-refractivity contribution in [3.63, 3.8) is 0 Å². The molecule has 0 radical (unpaired) electrons. The number of benzene rings is 2. The highest BCUT2D eigenvalue weighted by Crippen LogP contribution is 2.43. The van der Waals surface area contributed by atoms with Crippen LogP contribution in [-0.4, -0.2) is 33.8 Å². The summed E-state index contributed by atoms with van der Waals surface area (Å²) in [4.78, 5) is 4.38. The van der Waals surface area contributed by atoms with Gasteiger partial charge in [0.1, 0.15) is 0 Å². The Kier molecular flexibility index (Phi) is 6.22. The molecule has 1 aliphatic carbocycles. The van der Waals surface area contributed by atoms with E-state index in [-0.39, 0.29) is 5.41 Å². The lowest BCUT2D eigenvalue weighted by Crippen LogP contribution is -2.48. The summed E-state index contributed by atoms with van der Waals surface area (Å²) in [6, 6.07) is 16.7. The van der Waals surface area contributed by atoms with Crippen LogP contribution in [0.2, 0.25) is 0 Å². The summed E-state index contributed by atoms with van der Waals surface area (Å²) in [6.07, 6.45) is 3.71. The Balaban J connectivity index is 1.62. The molecule has 0 saturated heterocycles. The van der Waals surface area contributed by atoms with E-state index in [0.29, 0.717) is 6.54 Å². The fourth-order valence-corrected chi connectivity index (χ4v) is 3.71. The van der Waals surface area contributed by atoms with Crippen LogP contribution in [0, 0.1) is 0 Å². The van der Waals surface area contributed by atoms with E-state index in [9.17, 15) is 0 Å². The monoisotopic (exact) mass is 367 g/mol. The van der Waals surface area contributed by atoms with Gasteiger partial charge in [0.25, 0.3) is 0 Å². The van der Waals surface area contributed by atoms with Crippen LogP contribution in [0.25, 0.3) is 0 Å². The van der Waals surface area contributed by atoms with Gasteiger partial charge in [0, 0.05) is 31.1 Å². The molecule has 0 unspecified atom stereocenters. The third-order valence-electron chi connectivity index (χ3n) is 5.45. The molecule has 144 valence electrons. The van der Waals surface area contributed by atoms with Crippen molar-refractivity contribution in [2.24, 2.45) is 4.99 Å². The first-order valence-electron chi connectivity index (χ1n) is 9.42. The molecule has 27 heavy (non-hydrogen) atoms. The van der Waals surface area contributed by atoms with Crippen molar-refractivity contribution in [2.75, 3.05) is 27.8 Å². The van der Waals surface area contributed by atoms with E-state index in [1.54, 1.807) is 21.3 Å². The third-order valence-corrected chi connectivity index (χ3v) is 5.45. The number of methoxy groups -OCH3 is 2. The van der Waals surface area contributed by atoms with Crippen LogP contribution in [0.1, 0.15) is 30.4 Å². The quantitative estimate of drug-likeness (QED) is 0.581. The highest BCUT2D eigenvalue weighted by molar-refractivity contribution is 5.79. The normalized spacial score (nSPS) is 15.6. The lowest BCUT2D eigenvalue weighted by atomic mass is 9.64. The molecular formula is C22H29N3O2. The van der Waals surface area contributed by atoms with E-state index in [1.807, 2.05) is 18.2 Å². The molecule has 0 spiro atoms. The zero-order valence-electron chi connectivity index (χ0n) is 16.4. The number of ether oxygens (including phenoxy) is 2. The number of rotatable bonds is 7. The Labute approximate surface area is 161 Å². The summed E-state index contributed by atoms with van der Waals surface area (Å²) in [5.41, 5.74) is 2.65. The van der Waals surface area contributed by atoms with Gasteiger partial charge in [-0.1, -0.05) is 48.9 Å². The van der Waals surface area contributed by atoms with Crippen molar-refractivity contribution in [3.8, 4) is 11.5 Å². The van der Waals surface area contributed by atoms with Crippen LogP contribution in [0.3, 0.4) is 0 Å². The molecule has 1 fully saturated rings. The average molecular weight is 367 g/mol. The molecular weight excluding hydrogens is 338 g/mol. The standard InChI is InChI=1S/C22H29N3O2/c1-23-21(24-15-17-9-7-12-19(26-2)20(17)27-3)25-16-22(13-8-14-22)18-10-5-4-6-11-18/h4-7,9-12H,8,13-16H2,1-3H3,(H2,23,24,25). The highest BCUT2D eigenvalue weighted by atomic mass is 16.5. The second-order valence-corrected chi connectivity index (χ2v) is 6.93. The molecule has 3 rings (SSSR count). The topological polar surface area (TPSA) is 54.9 Å². The smallest absolute Gasteiger partial charge is 0.191 e. The number of nitrogens with zero attached hydrogens (tertiary/aromatic N) is 1. The Morgan fingerprint density at radius 3 is 2.37 bits per heavy atom. The summed E-state index contributed by atoms with van der Waals surface area (Å²) in [7, 11) is 5.11. The van der Waals surface area contributed by atoms with Gasteiger partial charge in [0.2, 0.25) is 0 Å². The molecule has 2 aromatic rings. The van der Waals surface area contributed by atoms with E-state index in [4.69, 9.17) is 9.47 Å². The minimum atomic E-state index is 0.215. The van der Waals surface area contributed by atoms with Crippen molar-refractivity contribution < 1.29 is 9.47 Å². The lowest BCUT2D eigenvalue weighted by Gasteiger charge is -2.43. The molecule has 2 aromatic carbocycles. The summed E-state index contributed by atoms with van der Waals surface area (Å²) in [6.45, 7) is 1.49. The first-order chi connectivity index (χ1) is 13.2. The lowest BCUT2D eigenvalue weighted by molar-refractivity contribution is 0.244. The second-order valence-electron chi connectivity index (χ2n) is 6.93. The number of nitrogens with one attached hydrogen (secondary N) is 2. The molecule has 1 saturated carbocycles. The third kappa shape index (κ3) is 4.18. The molecule has 5 nitrogen and oxygen atoms in total. The number of hydrogen-bond acceptors (Lipinski definition) is 3. The minimum absolute atomic E-state index is 0.215. The maximum Gasteiger partial charge on any atom is 0.191 e. The zero-order valence-corrected chi connectivity index (χ0v) is 16.4. The molecule has 0 aromatic heterocycles. The molecule has 1 aliphatic rings. The Hall–Kier alpha value is -2.69. The highest BCUT2D eigenvalue weighted by Gasteiger charge is 2.38. The SMILES string of the molecule is CN=C(NCc1cccc(OC)c1OC)NCC1(c2ccccc2)CCC1. The van der Waals surface area contributed by atoms with Crippen molar-refractivity contribution in [3.05, 3.63) is 59.7 Å². The van der Waals surface area contributed by atoms with Gasteiger partial charge >= 0.3 is 0 Å². The van der Waals surface area contributed by atoms with Crippen LogP contribution in [0.15, 0.2) is 53.5 Å². The van der Waals surface area contributed by atoms with Crippen molar-refractivity contribution >= 4 is 5.96 Å². The maximum absolute atomic E-state index is 5.51. The van der Waals surface area contributed by atoms with Crippen molar-refractivity contribution in [2.45, 2.75) is 31.2 Å². The Bertz CT molecular complexity index is 770. The van der Waals surface area contributed by atoms with Gasteiger partial charge < -0.3 is 20.1 Å². The van der Waals surface area contributed by atoms with Gasteiger partial charge in [-0.2, -0.15) is 0 Å². The predicted molar refractivity (Wildman–Crippen MR) is 110 cm³/mol. The van der Waals surface area contributed by atoms with E-state index in [1.165, 1.54) is 24.8 Å². The predicted octanol–water partition coefficient (Wildman–Crippen LogP) is 3.49. The van der Waals surface area contributed by atoms with Crippen LogP contribution >= 0.6 is 0 Å². The molecule has 5 heteroatoms. The van der Waals surface area contributed by atoms with Crippen molar-refractivity contribution in [1.82, 2.24) is 10.6 Å². The van der Waals surface area contributed by atoms with Crippen LogP contribution < -0.4 is 20.1 Å². The first-order valence-corrected chi connectivity index (χ1v) is 9.42. The zero-order chi connectivity index (χ0) is 19.1. The minimum Gasteiger partial charge on any atom is -0.493 e. The maximum atomic E-state index is 5.51. The summed E-state index contributed by atoms with van der Waals surface area (Å²) in [5.74, 6) is 2.28. The van der Waals surface area contributed by atoms with Gasteiger partial charge in [0.05, 0.1) is 14.2 Å². The van der Waals surface area contributed by atoms with Gasteiger partial charge in [-0.25, -0.2) is 0 Å². The number of guanidine groups is 1. The fourth-order valence-electron chi connectivity index (χ4n) is 3.71. The average Bonchev–Trinajstić information content (AvgIpc) is 2.69. The summed E-state index contributed by atoms with van der Waals surface area (Å²) >= 11 is 0. The van der Waals surface area contributed by atoms with E-state index >= 15 is 0 Å². The van der Waals surface area contributed by atoms with Gasteiger partial charge in [-0.3, -0.25) is 4.99 Å². The van der Waals surface area contributed by atoms with Crippen molar-refractivity contribution in [1.29, 1.82) is 0 Å². The molecule has 0 amide bonds. The molecule has 0 aliphatic heterocycles. The molecule has 0 atom stereocenters. The number of para-hydroxylation sites is 1.